The highest BCUT2D eigenvalue weighted by atomic mass is 16.5. The van der Waals surface area contributed by atoms with Crippen molar-refractivity contribution in [1.29, 1.82) is 0 Å². The number of fused-ring (bicyclic) bond motifs is 1. The van der Waals surface area contributed by atoms with E-state index in [9.17, 15) is 0 Å². The van der Waals surface area contributed by atoms with E-state index in [1.807, 2.05) is 42.5 Å². The summed E-state index contributed by atoms with van der Waals surface area (Å²) in [6.45, 7) is 3.72. The van der Waals surface area contributed by atoms with Gasteiger partial charge in [-0.2, -0.15) is 0 Å². The van der Waals surface area contributed by atoms with Crippen LogP contribution in [-0.2, 0) is 6.54 Å². The van der Waals surface area contributed by atoms with Crippen molar-refractivity contribution < 1.29 is 4.74 Å². The van der Waals surface area contributed by atoms with E-state index < -0.39 is 0 Å². The first-order valence-corrected chi connectivity index (χ1v) is 7.04. The van der Waals surface area contributed by atoms with Crippen LogP contribution < -0.4 is 10.1 Å². The smallest absolute Gasteiger partial charge is 0.223 e. The van der Waals surface area contributed by atoms with Crippen molar-refractivity contribution in [3.63, 3.8) is 0 Å². The molecular weight excluding hydrogens is 262 g/mol. The number of nitrogens with zero attached hydrogens (tertiary/aromatic N) is 2. The maximum Gasteiger partial charge on any atom is 0.223 e. The van der Waals surface area contributed by atoms with Gasteiger partial charge in [-0.1, -0.05) is 31.2 Å². The summed E-state index contributed by atoms with van der Waals surface area (Å²) >= 11 is 0. The first kappa shape index (κ1) is 13.5. The first-order chi connectivity index (χ1) is 10.4. The van der Waals surface area contributed by atoms with Crippen molar-refractivity contribution in [3.05, 3.63) is 60.4 Å². The molecule has 0 aliphatic carbocycles. The summed E-state index contributed by atoms with van der Waals surface area (Å²) in [5.74, 6) is 1.32. The van der Waals surface area contributed by atoms with Gasteiger partial charge in [0.05, 0.1) is 11.7 Å². The molecular formula is C17H17N3O. The van der Waals surface area contributed by atoms with Crippen LogP contribution in [0.5, 0.6) is 11.6 Å². The van der Waals surface area contributed by atoms with Gasteiger partial charge in [-0.15, -0.1) is 0 Å². The number of para-hydroxylation sites is 1. The quantitative estimate of drug-likeness (QED) is 0.776. The third kappa shape index (κ3) is 3.17. The normalized spacial score (nSPS) is 10.7. The second-order valence-corrected chi connectivity index (χ2v) is 4.71. The molecule has 21 heavy (non-hydrogen) atoms. The molecule has 3 aromatic rings. The largest absolute Gasteiger partial charge is 0.437 e. The Hall–Kier alpha value is -2.46. The Morgan fingerprint density at radius 3 is 2.90 bits per heavy atom. The average molecular weight is 279 g/mol. The van der Waals surface area contributed by atoms with Crippen LogP contribution in [0.3, 0.4) is 0 Å². The minimum absolute atomic E-state index is 0.621. The molecule has 0 radical (unpaired) electrons. The maximum absolute atomic E-state index is 5.90. The predicted octanol–water partition coefficient (Wildman–Crippen LogP) is 3.53. The Morgan fingerprint density at radius 1 is 1.10 bits per heavy atom. The van der Waals surface area contributed by atoms with Gasteiger partial charge in [0.1, 0.15) is 5.75 Å². The van der Waals surface area contributed by atoms with E-state index in [1.54, 1.807) is 12.4 Å². The number of hydrogen-bond donors (Lipinski definition) is 1. The average Bonchev–Trinajstić information content (AvgIpc) is 2.54. The van der Waals surface area contributed by atoms with Crippen LogP contribution in [0.4, 0.5) is 0 Å². The fourth-order valence-electron chi connectivity index (χ4n) is 2.13. The van der Waals surface area contributed by atoms with Gasteiger partial charge in [0.15, 0.2) is 0 Å². The van der Waals surface area contributed by atoms with Crippen LogP contribution >= 0.6 is 0 Å². The van der Waals surface area contributed by atoms with Crippen LogP contribution in [0.15, 0.2) is 54.9 Å². The second kappa shape index (κ2) is 6.33. The molecule has 0 fully saturated rings. The molecule has 2 heterocycles. The molecule has 3 rings (SSSR count). The Kier molecular flexibility index (Phi) is 4.07. The molecule has 0 aliphatic rings. The minimum atomic E-state index is 0.621. The standard InChI is InChI=1S/C17H17N3O/c1-2-18-11-14-7-5-9-19-17(14)21-15-10-13-6-3-4-8-16(13)20-12-15/h3-10,12,18H,2,11H2,1H3. The summed E-state index contributed by atoms with van der Waals surface area (Å²) in [5.41, 5.74) is 1.99. The zero-order valence-corrected chi connectivity index (χ0v) is 11.9. The molecule has 1 aromatic carbocycles. The van der Waals surface area contributed by atoms with Crippen LogP contribution in [0.25, 0.3) is 10.9 Å². The number of ether oxygens (including phenoxy) is 1. The Labute approximate surface area is 123 Å². The van der Waals surface area contributed by atoms with Crippen molar-refractivity contribution >= 4 is 10.9 Å². The van der Waals surface area contributed by atoms with Gasteiger partial charge in [-0.05, 0) is 24.7 Å². The van der Waals surface area contributed by atoms with Crippen molar-refractivity contribution in [2.45, 2.75) is 13.5 Å². The van der Waals surface area contributed by atoms with Gasteiger partial charge in [0, 0.05) is 23.7 Å². The summed E-state index contributed by atoms with van der Waals surface area (Å²) in [7, 11) is 0. The molecule has 1 N–H and O–H groups in total. The van der Waals surface area contributed by atoms with E-state index in [-0.39, 0.29) is 0 Å². The molecule has 0 amide bonds. The Bertz CT molecular complexity index is 743. The van der Waals surface area contributed by atoms with E-state index in [0.717, 1.165) is 29.6 Å². The number of pyridine rings is 2. The zero-order chi connectivity index (χ0) is 14.5. The maximum atomic E-state index is 5.90. The molecule has 0 unspecified atom stereocenters. The van der Waals surface area contributed by atoms with Crippen molar-refractivity contribution in [2.24, 2.45) is 0 Å². The molecule has 4 heteroatoms. The fraction of sp³-hybridized carbons (Fsp3) is 0.176. The van der Waals surface area contributed by atoms with Crippen LogP contribution in [0, 0.1) is 0 Å². The van der Waals surface area contributed by atoms with E-state index in [4.69, 9.17) is 4.74 Å². The summed E-state index contributed by atoms with van der Waals surface area (Å²) < 4.78 is 5.90. The summed E-state index contributed by atoms with van der Waals surface area (Å²) in [6.07, 6.45) is 3.47. The number of aromatic nitrogens is 2. The summed E-state index contributed by atoms with van der Waals surface area (Å²) in [6, 6.07) is 13.9. The fourth-order valence-corrected chi connectivity index (χ4v) is 2.13. The molecule has 0 spiro atoms. The van der Waals surface area contributed by atoms with Gasteiger partial charge in [0.25, 0.3) is 0 Å². The lowest BCUT2D eigenvalue weighted by molar-refractivity contribution is 0.452. The van der Waals surface area contributed by atoms with E-state index in [0.29, 0.717) is 11.6 Å². The van der Waals surface area contributed by atoms with E-state index in [1.165, 1.54) is 0 Å². The lowest BCUT2D eigenvalue weighted by Crippen LogP contribution is -2.12. The van der Waals surface area contributed by atoms with Gasteiger partial charge in [-0.3, -0.25) is 4.98 Å². The number of benzene rings is 1. The van der Waals surface area contributed by atoms with Gasteiger partial charge < -0.3 is 10.1 Å². The number of hydrogen-bond acceptors (Lipinski definition) is 4. The van der Waals surface area contributed by atoms with Crippen molar-refractivity contribution in [2.75, 3.05) is 6.54 Å². The lowest BCUT2D eigenvalue weighted by atomic mass is 10.2. The monoisotopic (exact) mass is 279 g/mol. The van der Waals surface area contributed by atoms with E-state index >= 15 is 0 Å². The molecule has 0 atom stereocenters. The third-order valence-corrected chi connectivity index (χ3v) is 3.20. The first-order valence-electron chi connectivity index (χ1n) is 7.04. The molecule has 0 saturated heterocycles. The minimum Gasteiger partial charge on any atom is -0.437 e. The molecule has 106 valence electrons. The molecule has 0 aliphatic heterocycles. The predicted molar refractivity (Wildman–Crippen MR) is 83.4 cm³/mol. The number of rotatable bonds is 5. The molecule has 0 bridgehead atoms. The SMILES string of the molecule is CCNCc1cccnc1Oc1cnc2ccccc2c1. The molecule has 4 nitrogen and oxygen atoms in total. The van der Waals surface area contributed by atoms with Crippen molar-refractivity contribution in [3.8, 4) is 11.6 Å². The van der Waals surface area contributed by atoms with Crippen molar-refractivity contribution in [1.82, 2.24) is 15.3 Å². The highest BCUT2D eigenvalue weighted by molar-refractivity contribution is 5.79. The topological polar surface area (TPSA) is 47.0 Å². The van der Waals surface area contributed by atoms with E-state index in [2.05, 4.69) is 22.2 Å². The lowest BCUT2D eigenvalue weighted by Gasteiger charge is -2.10. The third-order valence-electron chi connectivity index (χ3n) is 3.20. The zero-order valence-electron chi connectivity index (χ0n) is 11.9. The molecule has 0 saturated carbocycles. The van der Waals surface area contributed by atoms with Gasteiger partial charge in [-0.25, -0.2) is 4.98 Å². The van der Waals surface area contributed by atoms with Crippen LogP contribution in [0.2, 0.25) is 0 Å². The highest BCUT2D eigenvalue weighted by Crippen LogP contribution is 2.25. The second-order valence-electron chi connectivity index (χ2n) is 4.71. The number of nitrogens with one attached hydrogen (secondary N) is 1. The summed E-state index contributed by atoms with van der Waals surface area (Å²) in [5, 5.41) is 4.34. The van der Waals surface area contributed by atoms with Crippen LogP contribution in [0.1, 0.15) is 12.5 Å². The van der Waals surface area contributed by atoms with Crippen LogP contribution in [-0.4, -0.2) is 16.5 Å². The Balaban J connectivity index is 1.87. The van der Waals surface area contributed by atoms with Gasteiger partial charge >= 0.3 is 0 Å². The Morgan fingerprint density at radius 2 is 2.00 bits per heavy atom. The highest BCUT2D eigenvalue weighted by Gasteiger charge is 2.06. The molecule has 2 aromatic heterocycles. The summed E-state index contributed by atoms with van der Waals surface area (Å²) in [4.78, 5) is 8.72. The van der Waals surface area contributed by atoms with Gasteiger partial charge in [0.2, 0.25) is 5.88 Å².